The second-order valence-corrected chi connectivity index (χ2v) is 3.37. The molecule has 0 radical (unpaired) electrons. The third-order valence-corrected chi connectivity index (χ3v) is 2.17. The monoisotopic (exact) mass is 227 g/mol. The number of nitrogens with zero attached hydrogens (tertiary/aromatic N) is 1. The second kappa shape index (κ2) is 4.80. The van der Waals surface area contributed by atoms with Crippen LogP contribution in [0.25, 0.3) is 0 Å². The molecule has 0 saturated carbocycles. The molecule has 0 aliphatic carbocycles. The number of hydrogen-bond acceptors (Lipinski definition) is 4. The Morgan fingerprint density at radius 1 is 1.56 bits per heavy atom. The Morgan fingerprint density at radius 2 is 2.19 bits per heavy atom. The molecule has 1 aromatic rings. The number of aliphatic hydroxyl groups is 1. The molecule has 0 fully saturated rings. The maximum absolute atomic E-state index is 11.3. The molecule has 16 heavy (non-hydrogen) atoms. The van der Waals surface area contributed by atoms with Gasteiger partial charge in [-0.1, -0.05) is 0 Å². The fraction of sp³-hybridized carbons (Fsp3) is 0.400. The van der Waals surface area contributed by atoms with Crippen LogP contribution in [0.1, 0.15) is 28.6 Å². The number of aryl methyl sites for hydroxylation is 1. The van der Waals surface area contributed by atoms with Crippen LogP contribution in [0.3, 0.4) is 0 Å². The number of carbonyl (C=O) groups excluding carboxylic acids is 1. The maximum atomic E-state index is 11.3. The number of carbonyl (C=O) groups is 2. The molecule has 0 aromatic carbocycles. The quantitative estimate of drug-likeness (QED) is 0.723. The van der Waals surface area contributed by atoms with E-state index in [9.17, 15) is 14.7 Å². The number of rotatable bonds is 4. The average Bonchev–Trinajstić information content (AvgIpc) is 2.58. The van der Waals surface area contributed by atoms with E-state index in [2.05, 4.69) is 4.74 Å². The van der Waals surface area contributed by atoms with Crippen molar-refractivity contribution in [3.63, 3.8) is 0 Å². The van der Waals surface area contributed by atoms with E-state index >= 15 is 0 Å². The Kier molecular flexibility index (Phi) is 3.68. The second-order valence-electron chi connectivity index (χ2n) is 3.37. The summed E-state index contributed by atoms with van der Waals surface area (Å²) in [5.41, 5.74) is 0.646. The van der Waals surface area contributed by atoms with Gasteiger partial charge in [-0.3, -0.25) is 4.79 Å². The number of carboxylic acid groups (broad SMARTS) is 1. The molecule has 6 heteroatoms. The summed E-state index contributed by atoms with van der Waals surface area (Å²) in [6, 6.07) is 1.42. The Balaban J connectivity index is 2.91. The predicted molar refractivity (Wildman–Crippen MR) is 54.0 cm³/mol. The molecule has 0 aliphatic heterocycles. The number of carboxylic acids is 1. The fourth-order valence-electron chi connectivity index (χ4n) is 1.36. The number of aromatic nitrogens is 1. The number of ether oxygens (including phenoxy) is 1. The first kappa shape index (κ1) is 12.3. The average molecular weight is 227 g/mol. The summed E-state index contributed by atoms with van der Waals surface area (Å²) in [5.74, 6) is -1.63. The van der Waals surface area contributed by atoms with Crippen LogP contribution in [0.15, 0.2) is 12.3 Å². The summed E-state index contributed by atoms with van der Waals surface area (Å²) in [6.07, 6.45) is -0.0214. The molecule has 0 amide bonds. The summed E-state index contributed by atoms with van der Waals surface area (Å²) in [7, 11) is 2.87. The minimum Gasteiger partial charge on any atom is -0.481 e. The zero-order valence-electron chi connectivity index (χ0n) is 9.01. The van der Waals surface area contributed by atoms with Crippen LogP contribution in [-0.4, -0.2) is 33.8 Å². The first-order valence-electron chi connectivity index (χ1n) is 4.60. The van der Waals surface area contributed by atoms with Crippen LogP contribution in [0.2, 0.25) is 0 Å². The summed E-state index contributed by atoms with van der Waals surface area (Å²) < 4.78 is 6.01. The van der Waals surface area contributed by atoms with Crippen molar-refractivity contribution >= 4 is 11.9 Å². The zero-order valence-corrected chi connectivity index (χ0v) is 9.01. The lowest BCUT2D eigenvalue weighted by Crippen LogP contribution is -2.06. The van der Waals surface area contributed by atoms with E-state index < -0.39 is 24.5 Å². The molecular formula is C10H13NO5. The first-order chi connectivity index (χ1) is 7.45. The standard InChI is InChI=1S/C10H13NO5/c1-11-5-6(8(12)4-9(13)14)3-7(11)10(15)16-2/h3,5,8,12H,4H2,1-2H3,(H,13,14)/t8-/m0/s1. The van der Waals surface area contributed by atoms with Crippen molar-refractivity contribution in [2.45, 2.75) is 12.5 Å². The molecule has 88 valence electrons. The lowest BCUT2D eigenvalue weighted by molar-refractivity contribution is -0.139. The van der Waals surface area contributed by atoms with Crippen molar-refractivity contribution in [3.8, 4) is 0 Å². The van der Waals surface area contributed by atoms with Gasteiger partial charge in [0.2, 0.25) is 0 Å². The Labute approximate surface area is 92.1 Å². The van der Waals surface area contributed by atoms with Gasteiger partial charge in [0.05, 0.1) is 19.6 Å². The number of methoxy groups -OCH3 is 1. The Hall–Kier alpha value is -1.82. The van der Waals surface area contributed by atoms with E-state index in [1.165, 1.54) is 23.9 Å². The van der Waals surface area contributed by atoms with Gasteiger partial charge in [0.25, 0.3) is 0 Å². The minimum absolute atomic E-state index is 0.266. The smallest absolute Gasteiger partial charge is 0.354 e. The molecule has 2 N–H and O–H groups in total. The van der Waals surface area contributed by atoms with E-state index in [1.54, 1.807) is 7.05 Å². The molecule has 0 saturated heterocycles. The fourth-order valence-corrected chi connectivity index (χ4v) is 1.36. The van der Waals surface area contributed by atoms with E-state index in [-0.39, 0.29) is 5.69 Å². The van der Waals surface area contributed by atoms with Gasteiger partial charge in [0.15, 0.2) is 0 Å². The van der Waals surface area contributed by atoms with Gasteiger partial charge < -0.3 is 19.5 Å². The summed E-state index contributed by atoms with van der Waals surface area (Å²) in [6.45, 7) is 0. The SMILES string of the molecule is COC(=O)c1cc([C@@H](O)CC(=O)O)cn1C. The van der Waals surface area contributed by atoms with Crippen molar-refractivity contribution in [2.75, 3.05) is 7.11 Å². The van der Waals surface area contributed by atoms with E-state index in [0.717, 1.165) is 0 Å². The molecular weight excluding hydrogens is 214 g/mol. The third-order valence-electron chi connectivity index (χ3n) is 2.17. The number of aliphatic carboxylic acids is 1. The van der Waals surface area contributed by atoms with Crippen molar-refractivity contribution < 1.29 is 24.5 Å². The summed E-state index contributed by atoms with van der Waals surface area (Å²) >= 11 is 0. The topological polar surface area (TPSA) is 88.8 Å². The molecule has 0 aliphatic rings. The van der Waals surface area contributed by atoms with Crippen LogP contribution in [0, 0.1) is 0 Å². The molecule has 0 spiro atoms. The van der Waals surface area contributed by atoms with Crippen LogP contribution < -0.4 is 0 Å². The Morgan fingerprint density at radius 3 is 2.69 bits per heavy atom. The summed E-state index contributed by atoms with van der Waals surface area (Å²) in [4.78, 5) is 21.7. The molecule has 0 unspecified atom stereocenters. The van der Waals surface area contributed by atoms with Gasteiger partial charge in [-0.05, 0) is 11.6 Å². The van der Waals surface area contributed by atoms with E-state index in [0.29, 0.717) is 5.56 Å². The number of hydrogen-bond donors (Lipinski definition) is 2. The van der Waals surface area contributed by atoms with Gasteiger partial charge in [-0.15, -0.1) is 0 Å². The van der Waals surface area contributed by atoms with Crippen LogP contribution in [0.4, 0.5) is 0 Å². The first-order valence-corrected chi connectivity index (χ1v) is 4.60. The number of aliphatic hydroxyl groups excluding tert-OH is 1. The van der Waals surface area contributed by atoms with E-state index in [4.69, 9.17) is 5.11 Å². The highest BCUT2D eigenvalue weighted by molar-refractivity contribution is 5.88. The lowest BCUT2D eigenvalue weighted by Gasteiger charge is -2.03. The normalized spacial score (nSPS) is 12.2. The van der Waals surface area contributed by atoms with Gasteiger partial charge in [-0.2, -0.15) is 0 Å². The van der Waals surface area contributed by atoms with Crippen molar-refractivity contribution in [2.24, 2.45) is 7.05 Å². The van der Waals surface area contributed by atoms with Crippen molar-refractivity contribution in [1.29, 1.82) is 0 Å². The zero-order chi connectivity index (χ0) is 12.3. The van der Waals surface area contributed by atoms with Gasteiger partial charge >= 0.3 is 11.9 Å². The van der Waals surface area contributed by atoms with E-state index in [1.807, 2.05) is 0 Å². The molecule has 6 nitrogen and oxygen atoms in total. The van der Waals surface area contributed by atoms with Crippen molar-refractivity contribution in [3.05, 3.63) is 23.5 Å². The lowest BCUT2D eigenvalue weighted by atomic mass is 10.1. The third kappa shape index (κ3) is 2.60. The van der Waals surface area contributed by atoms with Crippen LogP contribution in [0.5, 0.6) is 0 Å². The molecule has 1 heterocycles. The molecule has 0 bridgehead atoms. The molecule has 1 atom stereocenters. The molecule has 1 rings (SSSR count). The predicted octanol–water partition coefficient (Wildman–Crippen LogP) is 0.320. The van der Waals surface area contributed by atoms with Crippen LogP contribution in [-0.2, 0) is 16.6 Å². The van der Waals surface area contributed by atoms with Crippen LogP contribution >= 0.6 is 0 Å². The van der Waals surface area contributed by atoms with Gasteiger partial charge in [0, 0.05) is 13.2 Å². The van der Waals surface area contributed by atoms with Gasteiger partial charge in [0.1, 0.15) is 5.69 Å². The summed E-state index contributed by atoms with van der Waals surface area (Å²) in [5, 5.41) is 18.1. The molecule has 1 aromatic heterocycles. The highest BCUT2D eigenvalue weighted by atomic mass is 16.5. The minimum atomic E-state index is -1.12. The maximum Gasteiger partial charge on any atom is 0.354 e. The Bertz CT molecular complexity index is 409. The number of esters is 1. The van der Waals surface area contributed by atoms with Crippen molar-refractivity contribution in [1.82, 2.24) is 4.57 Å². The largest absolute Gasteiger partial charge is 0.481 e. The highest BCUT2D eigenvalue weighted by Gasteiger charge is 2.18. The highest BCUT2D eigenvalue weighted by Crippen LogP contribution is 2.19. The van der Waals surface area contributed by atoms with Gasteiger partial charge in [-0.25, -0.2) is 4.79 Å².